The maximum Gasteiger partial charge on any atom is 0.191 e. The van der Waals surface area contributed by atoms with Crippen LogP contribution in [0, 0.1) is 6.92 Å². The number of hydrogen-bond acceptors (Lipinski definition) is 2. The van der Waals surface area contributed by atoms with Crippen molar-refractivity contribution in [2.75, 3.05) is 19.6 Å². The summed E-state index contributed by atoms with van der Waals surface area (Å²) >= 11 is 0. The highest BCUT2D eigenvalue weighted by Gasteiger charge is 2.06. The zero-order valence-corrected chi connectivity index (χ0v) is 14.9. The van der Waals surface area contributed by atoms with Crippen LogP contribution in [0.5, 0.6) is 0 Å². The van der Waals surface area contributed by atoms with Crippen LogP contribution in [-0.2, 0) is 6.42 Å². The molecule has 128 valence electrons. The molecule has 2 aromatic rings. The summed E-state index contributed by atoms with van der Waals surface area (Å²) in [5.74, 6) is 1.28. The van der Waals surface area contributed by atoms with E-state index in [9.17, 15) is 0 Å². The summed E-state index contributed by atoms with van der Waals surface area (Å²) in [7, 11) is 0. The van der Waals surface area contributed by atoms with Gasteiger partial charge in [-0.2, -0.15) is 0 Å². The first-order valence-corrected chi connectivity index (χ1v) is 8.66. The number of benzene rings is 1. The van der Waals surface area contributed by atoms with Crippen LogP contribution in [0.1, 0.15) is 36.5 Å². The van der Waals surface area contributed by atoms with Gasteiger partial charge in [-0.05, 0) is 37.5 Å². The van der Waals surface area contributed by atoms with Crippen molar-refractivity contribution in [1.82, 2.24) is 15.6 Å². The van der Waals surface area contributed by atoms with Gasteiger partial charge in [0.2, 0.25) is 0 Å². The summed E-state index contributed by atoms with van der Waals surface area (Å²) < 4.78 is 0. The lowest BCUT2D eigenvalue weighted by Crippen LogP contribution is -2.38. The fourth-order valence-corrected chi connectivity index (χ4v) is 2.52. The van der Waals surface area contributed by atoms with E-state index in [-0.39, 0.29) is 0 Å². The van der Waals surface area contributed by atoms with Crippen LogP contribution in [0.4, 0.5) is 0 Å². The highest BCUT2D eigenvalue weighted by atomic mass is 15.2. The molecular weight excluding hydrogens is 296 g/mol. The van der Waals surface area contributed by atoms with Gasteiger partial charge >= 0.3 is 0 Å². The average molecular weight is 324 g/mol. The number of nitrogens with one attached hydrogen (secondary N) is 2. The van der Waals surface area contributed by atoms with E-state index in [0.29, 0.717) is 5.92 Å². The standard InChI is InChI=1S/C20H28N4/c1-4-22-20(23-12-10-18-8-6-11-21-15-18)24-14-17(3)19-9-5-7-16(2)13-19/h5-9,11,13,15,17H,4,10,12,14H2,1-3H3,(H2,22,23,24). The van der Waals surface area contributed by atoms with Crippen molar-refractivity contribution in [3.8, 4) is 0 Å². The number of hydrogen-bond donors (Lipinski definition) is 2. The maximum atomic E-state index is 4.73. The van der Waals surface area contributed by atoms with Crippen molar-refractivity contribution in [3.63, 3.8) is 0 Å². The highest BCUT2D eigenvalue weighted by molar-refractivity contribution is 5.79. The average Bonchev–Trinajstić information content (AvgIpc) is 2.60. The van der Waals surface area contributed by atoms with Gasteiger partial charge in [-0.1, -0.05) is 42.8 Å². The molecule has 0 fully saturated rings. The Hall–Kier alpha value is -2.36. The van der Waals surface area contributed by atoms with Crippen LogP contribution in [0.15, 0.2) is 53.8 Å². The molecule has 2 rings (SSSR count). The first-order chi connectivity index (χ1) is 11.7. The Labute approximate surface area is 145 Å². The van der Waals surface area contributed by atoms with Crippen molar-refractivity contribution in [2.45, 2.75) is 33.1 Å². The summed E-state index contributed by atoms with van der Waals surface area (Å²) in [6.45, 7) is 8.91. The molecule has 4 heteroatoms. The van der Waals surface area contributed by atoms with Crippen molar-refractivity contribution < 1.29 is 0 Å². The second-order valence-corrected chi connectivity index (χ2v) is 6.07. The Bertz CT molecular complexity index is 637. The van der Waals surface area contributed by atoms with E-state index < -0.39 is 0 Å². The number of pyridine rings is 1. The lowest BCUT2D eigenvalue weighted by atomic mass is 10.00. The Morgan fingerprint density at radius 2 is 2.08 bits per heavy atom. The number of aromatic nitrogens is 1. The predicted molar refractivity (Wildman–Crippen MR) is 102 cm³/mol. The molecule has 1 aromatic carbocycles. The van der Waals surface area contributed by atoms with E-state index in [1.54, 1.807) is 6.20 Å². The molecule has 0 spiro atoms. The van der Waals surface area contributed by atoms with Gasteiger partial charge < -0.3 is 10.6 Å². The number of nitrogens with zero attached hydrogens (tertiary/aromatic N) is 2. The molecule has 0 aliphatic carbocycles. The van der Waals surface area contributed by atoms with Crippen LogP contribution in [0.2, 0.25) is 0 Å². The normalized spacial score (nSPS) is 12.7. The lowest BCUT2D eigenvalue weighted by Gasteiger charge is -2.14. The number of aliphatic imine (C=N–C) groups is 1. The molecule has 24 heavy (non-hydrogen) atoms. The smallest absolute Gasteiger partial charge is 0.191 e. The Balaban J connectivity index is 1.87. The summed E-state index contributed by atoms with van der Waals surface area (Å²) in [4.78, 5) is 8.87. The fourth-order valence-electron chi connectivity index (χ4n) is 2.52. The number of guanidine groups is 1. The Kier molecular flexibility index (Phi) is 7.27. The summed E-state index contributed by atoms with van der Waals surface area (Å²) in [6.07, 6.45) is 4.65. The van der Waals surface area contributed by atoms with Gasteiger partial charge in [0.1, 0.15) is 0 Å². The molecule has 0 aliphatic rings. The minimum absolute atomic E-state index is 0.402. The molecule has 1 unspecified atom stereocenters. The van der Waals surface area contributed by atoms with Gasteiger partial charge in [0.15, 0.2) is 5.96 Å². The molecule has 4 nitrogen and oxygen atoms in total. The van der Waals surface area contributed by atoms with Crippen LogP contribution >= 0.6 is 0 Å². The first-order valence-electron chi connectivity index (χ1n) is 8.66. The van der Waals surface area contributed by atoms with E-state index in [1.807, 2.05) is 12.3 Å². The second kappa shape index (κ2) is 9.71. The molecule has 0 amide bonds. The topological polar surface area (TPSA) is 49.3 Å². The lowest BCUT2D eigenvalue weighted by molar-refractivity contribution is 0.745. The SMILES string of the molecule is CCNC(=NCC(C)c1cccc(C)c1)NCCc1cccnc1. The van der Waals surface area contributed by atoms with Crippen LogP contribution < -0.4 is 10.6 Å². The van der Waals surface area contributed by atoms with Crippen LogP contribution in [0.25, 0.3) is 0 Å². The predicted octanol–water partition coefficient (Wildman–Crippen LogP) is 3.29. The van der Waals surface area contributed by atoms with E-state index in [4.69, 9.17) is 4.99 Å². The van der Waals surface area contributed by atoms with Gasteiger partial charge in [-0.15, -0.1) is 0 Å². The maximum absolute atomic E-state index is 4.73. The molecule has 1 heterocycles. The van der Waals surface area contributed by atoms with Gasteiger partial charge in [0.05, 0.1) is 0 Å². The molecule has 0 saturated carbocycles. The zero-order valence-electron chi connectivity index (χ0n) is 14.9. The van der Waals surface area contributed by atoms with Crippen molar-refractivity contribution in [2.24, 2.45) is 4.99 Å². The third kappa shape index (κ3) is 6.03. The number of rotatable bonds is 7. The third-order valence-electron chi connectivity index (χ3n) is 3.91. The molecule has 1 atom stereocenters. The molecule has 0 saturated heterocycles. The molecule has 1 aromatic heterocycles. The molecule has 0 bridgehead atoms. The molecule has 2 N–H and O–H groups in total. The van der Waals surface area contributed by atoms with Gasteiger partial charge in [0.25, 0.3) is 0 Å². The van der Waals surface area contributed by atoms with Crippen LogP contribution in [0.3, 0.4) is 0 Å². The Morgan fingerprint density at radius 3 is 2.79 bits per heavy atom. The minimum atomic E-state index is 0.402. The highest BCUT2D eigenvalue weighted by Crippen LogP contribution is 2.16. The summed E-state index contributed by atoms with van der Waals surface area (Å²) in [6, 6.07) is 12.7. The van der Waals surface area contributed by atoms with Crippen molar-refractivity contribution in [3.05, 3.63) is 65.5 Å². The zero-order chi connectivity index (χ0) is 17.2. The first kappa shape index (κ1) is 18.0. The van der Waals surface area contributed by atoms with Gasteiger partial charge in [-0.25, -0.2) is 0 Å². The van der Waals surface area contributed by atoms with Gasteiger partial charge in [0, 0.05) is 37.9 Å². The molecule has 0 radical (unpaired) electrons. The fraction of sp³-hybridized carbons (Fsp3) is 0.400. The molecular formula is C20H28N4. The van der Waals surface area contributed by atoms with E-state index in [0.717, 1.165) is 32.0 Å². The largest absolute Gasteiger partial charge is 0.357 e. The van der Waals surface area contributed by atoms with E-state index in [2.05, 4.69) is 66.7 Å². The quantitative estimate of drug-likeness (QED) is 0.607. The van der Waals surface area contributed by atoms with E-state index in [1.165, 1.54) is 16.7 Å². The second-order valence-electron chi connectivity index (χ2n) is 6.07. The summed E-state index contributed by atoms with van der Waals surface area (Å²) in [5, 5.41) is 6.71. The van der Waals surface area contributed by atoms with E-state index >= 15 is 0 Å². The van der Waals surface area contributed by atoms with Crippen LogP contribution in [-0.4, -0.2) is 30.6 Å². The molecule has 0 aliphatic heterocycles. The third-order valence-corrected chi connectivity index (χ3v) is 3.91. The van der Waals surface area contributed by atoms with Crippen molar-refractivity contribution in [1.29, 1.82) is 0 Å². The number of aryl methyl sites for hydroxylation is 1. The Morgan fingerprint density at radius 1 is 1.21 bits per heavy atom. The van der Waals surface area contributed by atoms with Gasteiger partial charge in [-0.3, -0.25) is 9.98 Å². The monoisotopic (exact) mass is 324 g/mol. The van der Waals surface area contributed by atoms with Crippen molar-refractivity contribution >= 4 is 5.96 Å². The minimum Gasteiger partial charge on any atom is -0.357 e. The summed E-state index contributed by atoms with van der Waals surface area (Å²) in [5.41, 5.74) is 3.86.